The smallest absolute Gasteiger partial charge is 0.303 e. The van der Waals surface area contributed by atoms with Gasteiger partial charge in [-0.1, -0.05) is 0 Å². The van der Waals surface area contributed by atoms with Crippen LogP contribution in [0.15, 0.2) is 0 Å². The fourth-order valence-corrected chi connectivity index (χ4v) is 0.559. The van der Waals surface area contributed by atoms with Crippen LogP contribution in [0.2, 0.25) is 0 Å². The molecule has 0 aromatic heterocycles. The highest BCUT2D eigenvalue weighted by Gasteiger charge is 1.98. The molecule has 0 spiro atoms. The Morgan fingerprint density at radius 2 is 2.33 bits per heavy atom. The third-order valence-electron chi connectivity index (χ3n) is 1.03. The van der Waals surface area contributed by atoms with Crippen molar-refractivity contribution >= 4 is 5.97 Å². The van der Waals surface area contributed by atoms with Crippen molar-refractivity contribution in [2.45, 2.75) is 32.2 Å². The molecule has 0 saturated carbocycles. The molecule has 0 amide bonds. The van der Waals surface area contributed by atoms with Gasteiger partial charge in [-0.3, -0.25) is 10.5 Å². The second-order valence-corrected chi connectivity index (χ2v) is 2.19. The predicted octanol–water partition coefficient (Wildman–Crippen LogP) is 0.913. The van der Waals surface area contributed by atoms with E-state index in [0.717, 1.165) is 0 Å². The van der Waals surface area contributed by atoms with Crippen molar-refractivity contribution in [1.29, 1.82) is 0 Å². The molecule has 0 aromatic rings. The molecule has 0 heterocycles. The maximum atomic E-state index is 9.92. The van der Waals surface area contributed by atoms with Gasteiger partial charge in [0.1, 0.15) is 0 Å². The number of aliphatic carboxylic acids is 1. The fourth-order valence-electron chi connectivity index (χ4n) is 0.559. The molecule has 1 radical (unpaired) electrons. The number of nitrogens with one attached hydrogen (secondary N) is 1. The van der Waals surface area contributed by atoms with E-state index in [9.17, 15) is 4.79 Å². The molecule has 0 aromatic carbocycles. The SMILES string of the molecule is CC([NH])CCCC(=O)O. The topological polar surface area (TPSA) is 61.1 Å². The van der Waals surface area contributed by atoms with Gasteiger partial charge >= 0.3 is 5.97 Å². The van der Waals surface area contributed by atoms with Gasteiger partial charge < -0.3 is 5.11 Å². The van der Waals surface area contributed by atoms with E-state index in [1.165, 1.54) is 0 Å². The molecule has 0 aliphatic heterocycles. The van der Waals surface area contributed by atoms with E-state index in [-0.39, 0.29) is 12.5 Å². The third kappa shape index (κ3) is 7.43. The number of hydrogen-bond donors (Lipinski definition) is 1. The molecule has 0 rings (SSSR count). The number of hydrogen-bond acceptors (Lipinski definition) is 1. The summed E-state index contributed by atoms with van der Waals surface area (Å²) < 4.78 is 0. The molecular weight excluding hydrogens is 118 g/mol. The van der Waals surface area contributed by atoms with Gasteiger partial charge in [0, 0.05) is 12.5 Å². The van der Waals surface area contributed by atoms with E-state index in [2.05, 4.69) is 0 Å². The first kappa shape index (κ1) is 8.43. The fraction of sp³-hybridized carbons (Fsp3) is 0.833. The van der Waals surface area contributed by atoms with E-state index in [1.54, 1.807) is 6.92 Å². The Morgan fingerprint density at radius 3 is 2.67 bits per heavy atom. The average molecular weight is 130 g/mol. The molecule has 3 nitrogen and oxygen atoms in total. The van der Waals surface area contributed by atoms with Crippen LogP contribution >= 0.6 is 0 Å². The van der Waals surface area contributed by atoms with E-state index >= 15 is 0 Å². The Morgan fingerprint density at radius 1 is 1.78 bits per heavy atom. The number of carboxylic acid groups (broad SMARTS) is 1. The molecule has 0 aliphatic carbocycles. The highest BCUT2D eigenvalue weighted by Crippen LogP contribution is 1.98. The van der Waals surface area contributed by atoms with E-state index in [0.29, 0.717) is 12.8 Å². The van der Waals surface area contributed by atoms with Crippen LogP contribution in [0.3, 0.4) is 0 Å². The Bertz CT molecular complexity index is 91.1. The van der Waals surface area contributed by atoms with Crippen molar-refractivity contribution in [1.82, 2.24) is 5.73 Å². The average Bonchev–Trinajstić information content (AvgIpc) is 1.63. The number of rotatable bonds is 4. The minimum atomic E-state index is -0.768. The summed E-state index contributed by atoms with van der Waals surface area (Å²) in [5, 5.41) is 8.17. The van der Waals surface area contributed by atoms with Crippen LogP contribution in [0.1, 0.15) is 26.2 Å². The highest BCUT2D eigenvalue weighted by molar-refractivity contribution is 5.66. The lowest BCUT2D eigenvalue weighted by molar-refractivity contribution is -0.137. The van der Waals surface area contributed by atoms with Crippen LogP contribution in [-0.2, 0) is 4.79 Å². The Balaban J connectivity index is 3.01. The van der Waals surface area contributed by atoms with E-state index in [4.69, 9.17) is 10.8 Å². The molecule has 0 aliphatic rings. The molecule has 3 heteroatoms. The van der Waals surface area contributed by atoms with Crippen LogP contribution in [0.4, 0.5) is 0 Å². The van der Waals surface area contributed by atoms with Gasteiger partial charge in [0.05, 0.1) is 0 Å². The summed E-state index contributed by atoms with van der Waals surface area (Å²) in [4.78, 5) is 9.92. The molecule has 2 N–H and O–H groups in total. The van der Waals surface area contributed by atoms with Crippen molar-refractivity contribution < 1.29 is 9.90 Å². The van der Waals surface area contributed by atoms with Gasteiger partial charge in [-0.2, -0.15) is 0 Å². The van der Waals surface area contributed by atoms with E-state index < -0.39 is 5.97 Å². The highest BCUT2D eigenvalue weighted by atomic mass is 16.4. The lowest BCUT2D eigenvalue weighted by atomic mass is 10.1. The quantitative estimate of drug-likeness (QED) is 0.614. The zero-order chi connectivity index (χ0) is 7.28. The molecule has 9 heavy (non-hydrogen) atoms. The Hall–Kier alpha value is -0.570. The minimum Gasteiger partial charge on any atom is -0.481 e. The zero-order valence-electron chi connectivity index (χ0n) is 5.55. The van der Waals surface area contributed by atoms with Crippen molar-refractivity contribution in [2.24, 2.45) is 0 Å². The number of carboxylic acids is 1. The van der Waals surface area contributed by atoms with Crippen molar-refractivity contribution in [3.05, 3.63) is 0 Å². The van der Waals surface area contributed by atoms with Crippen LogP contribution in [0, 0.1) is 0 Å². The van der Waals surface area contributed by atoms with Crippen LogP contribution in [0.5, 0.6) is 0 Å². The maximum Gasteiger partial charge on any atom is 0.303 e. The summed E-state index contributed by atoms with van der Waals surface area (Å²) >= 11 is 0. The molecular formula is C6H12NO2. The number of carbonyl (C=O) groups is 1. The van der Waals surface area contributed by atoms with Crippen LogP contribution in [-0.4, -0.2) is 17.1 Å². The van der Waals surface area contributed by atoms with Crippen LogP contribution in [0.25, 0.3) is 0 Å². The summed E-state index contributed by atoms with van der Waals surface area (Å²) in [6.07, 6.45) is 1.51. The summed E-state index contributed by atoms with van der Waals surface area (Å²) in [5.74, 6) is -0.768. The Kier molecular flexibility index (Phi) is 4.05. The molecule has 0 bridgehead atoms. The predicted molar refractivity (Wildman–Crippen MR) is 34.0 cm³/mol. The van der Waals surface area contributed by atoms with Gasteiger partial charge in [0.2, 0.25) is 0 Å². The van der Waals surface area contributed by atoms with Gasteiger partial charge in [-0.25, -0.2) is 0 Å². The third-order valence-corrected chi connectivity index (χ3v) is 1.03. The lowest BCUT2D eigenvalue weighted by Gasteiger charge is -1.99. The zero-order valence-corrected chi connectivity index (χ0v) is 5.55. The second-order valence-electron chi connectivity index (χ2n) is 2.19. The second kappa shape index (κ2) is 4.32. The van der Waals surface area contributed by atoms with Gasteiger partial charge in [-0.05, 0) is 19.8 Å². The standard InChI is InChI=1S/C6H12NO2/c1-5(7)3-2-4-6(8)9/h5,7H,2-4H2,1H3,(H,8,9). The van der Waals surface area contributed by atoms with Crippen molar-refractivity contribution in [2.75, 3.05) is 0 Å². The first-order valence-electron chi connectivity index (χ1n) is 3.06. The lowest BCUT2D eigenvalue weighted by Crippen LogP contribution is -2.03. The minimum absolute atomic E-state index is 0.121. The largest absolute Gasteiger partial charge is 0.481 e. The van der Waals surface area contributed by atoms with Crippen molar-refractivity contribution in [3.63, 3.8) is 0 Å². The molecule has 1 atom stereocenters. The summed E-state index contributed by atoms with van der Waals surface area (Å²) in [5.41, 5.74) is 7.03. The van der Waals surface area contributed by atoms with Gasteiger partial charge in [0.15, 0.2) is 0 Å². The maximum absolute atomic E-state index is 9.92. The van der Waals surface area contributed by atoms with E-state index in [1.807, 2.05) is 0 Å². The summed E-state index contributed by atoms with van der Waals surface area (Å²) in [7, 11) is 0. The van der Waals surface area contributed by atoms with Crippen LogP contribution < -0.4 is 5.73 Å². The monoisotopic (exact) mass is 130 g/mol. The molecule has 1 unspecified atom stereocenters. The molecule has 0 saturated heterocycles. The summed E-state index contributed by atoms with van der Waals surface area (Å²) in [6.45, 7) is 1.77. The molecule has 0 fully saturated rings. The first-order valence-corrected chi connectivity index (χ1v) is 3.06. The van der Waals surface area contributed by atoms with Gasteiger partial charge in [-0.15, -0.1) is 0 Å². The normalized spacial score (nSPS) is 13.1. The Labute approximate surface area is 54.9 Å². The first-order chi connectivity index (χ1) is 4.13. The van der Waals surface area contributed by atoms with Gasteiger partial charge in [0.25, 0.3) is 0 Å². The summed E-state index contributed by atoms with van der Waals surface area (Å²) in [6, 6.07) is -0.121. The molecule has 53 valence electrons. The van der Waals surface area contributed by atoms with Crippen molar-refractivity contribution in [3.8, 4) is 0 Å².